The Labute approximate surface area is 79.8 Å². The molecule has 2 aliphatic rings. The second kappa shape index (κ2) is 2.95. The Kier molecular flexibility index (Phi) is 2.15. The van der Waals surface area contributed by atoms with E-state index in [-0.39, 0.29) is 17.3 Å². The highest BCUT2D eigenvalue weighted by molar-refractivity contribution is 7.92. The van der Waals surface area contributed by atoms with Gasteiger partial charge in [0.2, 0.25) is 0 Å². The van der Waals surface area contributed by atoms with Crippen molar-refractivity contribution in [3.8, 4) is 0 Å². The van der Waals surface area contributed by atoms with Gasteiger partial charge in [0, 0.05) is 12.1 Å². The lowest BCUT2D eigenvalue weighted by atomic mass is 10.1. The molecule has 1 aliphatic carbocycles. The summed E-state index contributed by atoms with van der Waals surface area (Å²) in [5.74, 6) is 0.921. The van der Waals surface area contributed by atoms with Crippen LogP contribution in [-0.4, -0.2) is 31.5 Å². The van der Waals surface area contributed by atoms with Crippen LogP contribution in [-0.2, 0) is 9.84 Å². The molecule has 2 rings (SSSR count). The highest BCUT2D eigenvalue weighted by atomic mass is 32.2. The molecule has 0 radical (unpaired) electrons. The fourth-order valence-electron chi connectivity index (χ4n) is 2.21. The predicted molar refractivity (Wildman–Crippen MR) is 52.4 cm³/mol. The highest BCUT2D eigenvalue weighted by Crippen LogP contribution is 2.37. The third-order valence-electron chi connectivity index (χ3n) is 3.16. The normalized spacial score (nSPS) is 44.6. The SMILES string of the molecule is CC1CS(=O)(=O)C(C)C(C2CC2)N1. The molecule has 76 valence electrons. The van der Waals surface area contributed by atoms with Gasteiger partial charge < -0.3 is 5.32 Å². The van der Waals surface area contributed by atoms with E-state index < -0.39 is 9.84 Å². The summed E-state index contributed by atoms with van der Waals surface area (Å²) in [5, 5.41) is 3.22. The van der Waals surface area contributed by atoms with Crippen molar-refractivity contribution < 1.29 is 8.42 Å². The van der Waals surface area contributed by atoms with E-state index in [0.29, 0.717) is 11.7 Å². The molecule has 13 heavy (non-hydrogen) atoms. The average molecular weight is 203 g/mol. The fourth-order valence-corrected chi connectivity index (χ4v) is 4.05. The summed E-state index contributed by atoms with van der Waals surface area (Å²) < 4.78 is 23.4. The van der Waals surface area contributed by atoms with Crippen molar-refractivity contribution in [3.63, 3.8) is 0 Å². The number of nitrogens with one attached hydrogen (secondary N) is 1. The topological polar surface area (TPSA) is 46.2 Å². The lowest BCUT2D eigenvalue weighted by Crippen LogP contribution is -2.56. The van der Waals surface area contributed by atoms with Crippen molar-refractivity contribution >= 4 is 9.84 Å². The Bertz CT molecular complexity index is 295. The zero-order valence-electron chi connectivity index (χ0n) is 8.16. The minimum Gasteiger partial charge on any atom is -0.309 e. The number of hydrogen-bond donors (Lipinski definition) is 1. The van der Waals surface area contributed by atoms with Crippen LogP contribution in [0.2, 0.25) is 0 Å². The minimum absolute atomic E-state index is 0.131. The van der Waals surface area contributed by atoms with Gasteiger partial charge >= 0.3 is 0 Å². The van der Waals surface area contributed by atoms with E-state index in [0.717, 1.165) is 0 Å². The van der Waals surface area contributed by atoms with Gasteiger partial charge in [0.05, 0.1) is 11.0 Å². The van der Waals surface area contributed by atoms with E-state index in [1.54, 1.807) is 0 Å². The molecule has 0 aromatic rings. The molecule has 0 spiro atoms. The van der Waals surface area contributed by atoms with E-state index in [1.807, 2.05) is 13.8 Å². The van der Waals surface area contributed by atoms with E-state index in [1.165, 1.54) is 12.8 Å². The summed E-state index contributed by atoms with van der Waals surface area (Å²) in [6, 6.07) is 0.348. The van der Waals surface area contributed by atoms with Gasteiger partial charge in [-0.15, -0.1) is 0 Å². The van der Waals surface area contributed by atoms with Gasteiger partial charge in [-0.05, 0) is 32.6 Å². The molecule has 3 atom stereocenters. The zero-order valence-corrected chi connectivity index (χ0v) is 8.97. The monoisotopic (exact) mass is 203 g/mol. The summed E-state index contributed by atoms with van der Waals surface area (Å²) in [6.45, 7) is 3.80. The first-order valence-corrected chi connectivity index (χ1v) is 6.70. The minimum atomic E-state index is -2.83. The van der Waals surface area contributed by atoms with E-state index in [2.05, 4.69) is 5.32 Å². The fraction of sp³-hybridized carbons (Fsp3) is 1.00. The van der Waals surface area contributed by atoms with Gasteiger partial charge in [-0.3, -0.25) is 0 Å². The molecule has 3 unspecified atom stereocenters. The number of hydrogen-bond acceptors (Lipinski definition) is 3. The van der Waals surface area contributed by atoms with Crippen molar-refractivity contribution in [2.75, 3.05) is 5.75 Å². The van der Waals surface area contributed by atoms with E-state index in [4.69, 9.17) is 0 Å². The smallest absolute Gasteiger partial charge is 0.155 e. The largest absolute Gasteiger partial charge is 0.309 e. The zero-order chi connectivity index (χ0) is 9.64. The molecule has 0 aromatic carbocycles. The maximum absolute atomic E-state index is 11.7. The van der Waals surface area contributed by atoms with Crippen molar-refractivity contribution in [3.05, 3.63) is 0 Å². The van der Waals surface area contributed by atoms with Gasteiger partial charge in [0.1, 0.15) is 0 Å². The molecular weight excluding hydrogens is 186 g/mol. The average Bonchev–Trinajstić information content (AvgIpc) is 2.78. The van der Waals surface area contributed by atoms with Crippen molar-refractivity contribution in [2.45, 2.75) is 44.0 Å². The van der Waals surface area contributed by atoms with Crippen molar-refractivity contribution in [2.24, 2.45) is 5.92 Å². The first-order chi connectivity index (χ1) is 6.00. The Hall–Kier alpha value is -0.0900. The second-order valence-electron chi connectivity index (χ2n) is 4.47. The maximum Gasteiger partial charge on any atom is 0.155 e. The molecule has 4 heteroatoms. The molecule has 0 amide bonds. The third-order valence-corrected chi connectivity index (χ3v) is 5.55. The van der Waals surface area contributed by atoms with Gasteiger partial charge in [0.25, 0.3) is 0 Å². The molecule has 1 saturated carbocycles. The maximum atomic E-state index is 11.7. The molecule has 1 saturated heterocycles. The lowest BCUT2D eigenvalue weighted by molar-refractivity contribution is 0.386. The first-order valence-electron chi connectivity index (χ1n) is 4.98. The quantitative estimate of drug-likeness (QED) is 0.677. The molecule has 2 fully saturated rings. The summed E-state index contributed by atoms with van der Waals surface area (Å²) in [5.41, 5.74) is 0. The molecule has 0 aromatic heterocycles. The van der Waals surface area contributed by atoms with Crippen molar-refractivity contribution in [1.29, 1.82) is 0 Å². The van der Waals surface area contributed by atoms with Crippen LogP contribution in [0.4, 0.5) is 0 Å². The Morgan fingerprint density at radius 3 is 2.38 bits per heavy atom. The predicted octanol–water partition coefficient (Wildman–Crippen LogP) is 0.560. The van der Waals surface area contributed by atoms with E-state index in [9.17, 15) is 8.42 Å². The van der Waals surface area contributed by atoms with Crippen LogP contribution in [0.1, 0.15) is 26.7 Å². The Morgan fingerprint density at radius 1 is 1.23 bits per heavy atom. The summed E-state index contributed by atoms with van der Waals surface area (Å²) >= 11 is 0. The first kappa shape index (κ1) is 9.46. The summed E-state index contributed by atoms with van der Waals surface area (Å²) in [6.07, 6.45) is 2.40. The molecule has 3 nitrogen and oxygen atoms in total. The summed E-state index contributed by atoms with van der Waals surface area (Å²) in [4.78, 5) is 0. The standard InChI is InChI=1S/C9H17NO2S/c1-6-5-13(11,12)7(2)9(10-6)8-3-4-8/h6-10H,3-5H2,1-2H3. The Balaban J connectivity index is 2.19. The van der Waals surface area contributed by atoms with Crippen LogP contribution < -0.4 is 5.32 Å². The van der Waals surface area contributed by atoms with Gasteiger partial charge in [-0.1, -0.05) is 0 Å². The summed E-state index contributed by atoms with van der Waals surface area (Å²) in [7, 11) is -2.83. The third kappa shape index (κ3) is 1.74. The second-order valence-corrected chi connectivity index (χ2v) is 6.87. The Morgan fingerprint density at radius 2 is 1.85 bits per heavy atom. The van der Waals surface area contributed by atoms with E-state index >= 15 is 0 Å². The molecule has 0 bridgehead atoms. The number of sulfone groups is 1. The van der Waals surface area contributed by atoms with Crippen LogP contribution >= 0.6 is 0 Å². The van der Waals surface area contributed by atoms with Crippen LogP contribution in [0.3, 0.4) is 0 Å². The van der Waals surface area contributed by atoms with Crippen LogP contribution in [0.25, 0.3) is 0 Å². The molecule has 1 N–H and O–H groups in total. The highest BCUT2D eigenvalue weighted by Gasteiger charge is 2.44. The molecule has 1 aliphatic heterocycles. The lowest BCUT2D eigenvalue weighted by Gasteiger charge is -2.34. The van der Waals surface area contributed by atoms with Gasteiger partial charge in [0.15, 0.2) is 9.84 Å². The molecular formula is C9H17NO2S. The molecule has 1 heterocycles. The number of rotatable bonds is 1. The van der Waals surface area contributed by atoms with Crippen LogP contribution in [0.15, 0.2) is 0 Å². The van der Waals surface area contributed by atoms with Crippen LogP contribution in [0, 0.1) is 5.92 Å². The van der Waals surface area contributed by atoms with Crippen molar-refractivity contribution in [1.82, 2.24) is 5.32 Å². The van der Waals surface area contributed by atoms with Gasteiger partial charge in [-0.25, -0.2) is 8.42 Å². The van der Waals surface area contributed by atoms with Gasteiger partial charge in [-0.2, -0.15) is 0 Å². The van der Waals surface area contributed by atoms with Crippen LogP contribution in [0.5, 0.6) is 0 Å².